The van der Waals surface area contributed by atoms with Crippen LogP contribution in [0, 0.1) is 0 Å². The lowest BCUT2D eigenvalue weighted by Gasteiger charge is -2.16. The molecule has 1 rings (SSSR count). The van der Waals surface area contributed by atoms with E-state index in [1.165, 1.54) is 26.4 Å². The molecule has 0 saturated carbocycles. The van der Waals surface area contributed by atoms with Crippen LogP contribution < -0.4 is 14.8 Å². The highest BCUT2D eigenvalue weighted by Gasteiger charge is 2.22. The van der Waals surface area contributed by atoms with Gasteiger partial charge in [-0.25, -0.2) is 4.79 Å². The van der Waals surface area contributed by atoms with E-state index in [0.29, 0.717) is 18.1 Å². The highest BCUT2D eigenvalue weighted by molar-refractivity contribution is 6.32. The van der Waals surface area contributed by atoms with E-state index < -0.39 is 17.9 Å². The Morgan fingerprint density at radius 1 is 1.35 bits per heavy atom. The Bertz CT molecular complexity index is 563. The molecule has 0 bridgehead atoms. The quantitative estimate of drug-likeness (QED) is 0.710. The minimum absolute atomic E-state index is 0.149. The van der Waals surface area contributed by atoms with Gasteiger partial charge in [-0.15, -0.1) is 0 Å². The van der Waals surface area contributed by atoms with Gasteiger partial charge in [0.1, 0.15) is 0 Å². The number of amides is 1. The molecule has 0 aliphatic rings. The Morgan fingerprint density at radius 3 is 2.57 bits per heavy atom. The lowest BCUT2D eigenvalue weighted by Crippen LogP contribution is -2.43. The molecule has 23 heavy (non-hydrogen) atoms. The average molecular weight is 346 g/mol. The predicted molar refractivity (Wildman–Crippen MR) is 84.6 cm³/mol. The Morgan fingerprint density at radius 2 is 2.04 bits per heavy atom. The van der Waals surface area contributed by atoms with Gasteiger partial charge < -0.3 is 24.6 Å². The van der Waals surface area contributed by atoms with Gasteiger partial charge in [0.15, 0.2) is 17.5 Å². The van der Waals surface area contributed by atoms with E-state index in [1.54, 1.807) is 0 Å². The molecular formula is C15H20ClNO6. The molecule has 1 aromatic carbocycles. The maximum atomic E-state index is 12.2. The third kappa shape index (κ3) is 5.30. The molecule has 0 radical (unpaired) electrons. The van der Waals surface area contributed by atoms with E-state index in [4.69, 9.17) is 30.9 Å². The van der Waals surface area contributed by atoms with Crippen LogP contribution in [0.1, 0.15) is 23.7 Å². The third-order valence-corrected chi connectivity index (χ3v) is 3.16. The summed E-state index contributed by atoms with van der Waals surface area (Å²) in [5.74, 6) is -1.15. The van der Waals surface area contributed by atoms with Crippen LogP contribution in [-0.2, 0) is 9.53 Å². The number of benzene rings is 1. The summed E-state index contributed by atoms with van der Waals surface area (Å²) in [7, 11) is 2.78. The summed E-state index contributed by atoms with van der Waals surface area (Å²) in [5, 5.41) is 11.6. The van der Waals surface area contributed by atoms with E-state index >= 15 is 0 Å². The number of hydrogen-bond donors (Lipinski definition) is 2. The Hall–Kier alpha value is -1.99. The van der Waals surface area contributed by atoms with Crippen LogP contribution in [0.4, 0.5) is 0 Å². The maximum absolute atomic E-state index is 12.2. The van der Waals surface area contributed by atoms with Crippen molar-refractivity contribution in [3.63, 3.8) is 0 Å². The lowest BCUT2D eigenvalue weighted by atomic mass is 10.1. The number of aliphatic carboxylic acids is 1. The summed E-state index contributed by atoms with van der Waals surface area (Å²) < 4.78 is 15.4. The third-order valence-electron chi connectivity index (χ3n) is 2.88. The maximum Gasteiger partial charge on any atom is 0.328 e. The number of halogens is 1. The van der Waals surface area contributed by atoms with Crippen LogP contribution in [0.15, 0.2) is 12.1 Å². The Labute approximate surface area is 139 Å². The number of carboxylic acid groups (broad SMARTS) is 1. The van der Waals surface area contributed by atoms with Crippen molar-refractivity contribution in [3.05, 3.63) is 22.7 Å². The van der Waals surface area contributed by atoms with Crippen molar-refractivity contribution in [3.8, 4) is 11.5 Å². The average Bonchev–Trinajstić information content (AvgIpc) is 2.52. The largest absolute Gasteiger partial charge is 0.493 e. The molecule has 1 amide bonds. The molecule has 0 heterocycles. The Balaban J connectivity index is 3.01. The summed E-state index contributed by atoms with van der Waals surface area (Å²) in [6.07, 6.45) is 0.791. The zero-order chi connectivity index (χ0) is 17.4. The minimum atomic E-state index is -1.19. The molecule has 0 aromatic heterocycles. The zero-order valence-corrected chi connectivity index (χ0v) is 14.0. The van der Waals surface area contributed by atoms with Crippen LogP contribution in [-0.4, -0.2) is 50.5 Å². The highest BCUT2D eigenvalue weighted by Crippen LogP contribution is 2.36. The van der Waals surface area contributed by atoms with E-state index in [0.717, 1.165) is 6.42 Å². The molecule has 0 aliphatic heterocycles. The summed E-state index contributed by atoms with van der Waals surface area (Å²) >= 11 is 6.13. The molecule has 7 nitrogen and oxygen atoms in total. The SMILES string of the molecule is CCCOc1c(Cl)cc(C(=O)NC(COC)C(=O)O)cc1OC. The fourth-order valence-corrected chi connectivity index (χ4v) is 2.04. The molecule has 128 valence electrons. The van der Waals surface area contributed by atoms with Crippen molar-refractivity contribution < 1.29 is 28.9 Å². The van der Waals surface area contributed by atoms with E-state index in [-0.39, 0.29) is 17.2 Å². The number of carbonyl (C=O) groups is 2. The van der Waals surface area contributed by atoms with Crippen LogP contribution in [0.3, 0.4) is 0 Å². The summed E-state index contributed by atoms with van der Waals surface area (Å²) in [5.41, 5.74) is 0.165. The molecular weight excluding hydrogens is 326 g/mol. The van der Waals surface area contributed by atoms with Crippen molar-refractivity contribution in [1.82, 2.24) is 5.32 Å². The second-order valence-electron chi connectivity index (χ2n) is 4.66. The first-order chi connectivity index (χ1) is 10.9. The fourth-order valence-electron chi connectivity index (χ4n) is 1.78. The summed E-state index contributed by atoms with van der Waals surface area (Å²) in [6.45, 7) is 2.25. The molecule has 1 aromatic rings. The van der Waals surface area contributed by atoms with Crippen LogP contribution in [0.25, 0.3) is 0 Å². The topological polar surface area (TPSA) is 94.1 Å². The molecule has 1 unspecified atom stereocenters. The van der Waals surface area contributed by atoms with Crippen molar-refractivity contribution in [2.75, 3.05) is 27.4 Å². The van der Waals surface area contributed by atoms with Gasteiger partial charge in [0.05, 0.1) is 25.3 Å². The summed E-state index contributed by atoms with van der Waals surface area (Å²) in [4.78, 5) is 23.2. The van der Waals surface area contributed by atoms with Gasteiger partial charge >= 0.3 is 5.97 Å². The molecule has 2 N–H and O–H groups in total. The minimum Gasteiger partial charge on any atom is -0.493 e. The van der Waals surface area contributed by atoms with Crippen molar-refractivity contribution in [2.45, 2.75) is 19.4 Å². The Kier molecular flexibility index (Phi) is 7.64. The van der Waals surface area contributed by atoms with Gasteiger partial charge in [-0.3, -0.25) is 4.79 Å². The van der Waals surface area contributed by atoms with Crippen molar-refractivity contribution in [2.24, 2.45) is 0 Å². The van der Waals surface area contributed by atoms with E-state index in [9.17, 15) is 9.59 Å². The molecule has 0 spiro atoms. The van der Waals surface area contributed by atoms with Gasteiger partial charge in [-0.2, -0.15) is 0 Å². The first kappa shape index (κ1) is 19.1. The number of carbonyl (C=O) groups excluding carboxylic acids is 1. The number of nitrogens with one attached hydrogen (secondary N) is 1. The second kappa shape index (κ2) is 9.22. The van der Waals surface area contributed by atoms with Crippen LogP contribution in [0.5, 0.6) is 11.5 Å². The smallest absolute Gasteiger partial charge is 0.328 e. The molecule has 0 saturated heterocycles. The lowest BCUT2D eigenvalue weighted by molar-refractivity contribution is -0.140. The standard InChI is InChI=1S/C15H20ClNO6/c1-4-5-23-13-10(16)6-9(7-12(13)22-3)14(18)17-11(8-21-2)15(19)20/h6-7,11H,4-5,8H2,1-3H3,(H,17,18)(H,19,20). The number of rotatable bonds is 9. The van der Waals surface area contributed by atoms with Gasteiger partial charge in [-0.1, -0.05) is 18.5 Å². The van der Waals surface area contributed by atoms with E-state index in [2.05, 4.69) is 5.32 Å². The first-order valence-electron chi connectivity index (χ1n) is 6.97. The normalized spacial score (nSPS) is 11.7. The molecule has 0 fully saturated rings. The zero-order valence-electron chi connectivity index (χ0n) is 13.2. The van der Waals surface area contributed by atoms with Crippen LogP contribution in [0.2, 0.25) is 5.02 Å². The van der Waals surface area contributed by atoms with Crippen LogP contribution >= 0.6 is 11.6 Å². The fraction of sp³-hybridized carbons (Fsp3) is 0.467. The molecule has 8 heteroatoms. The van der Waals surface area contributed by atoms with Crippen molar-refractivity contribution >= 4 is 23.5 Å². The molecule has 1 atom stereocenters. The van der Waals surface area contributed by atoms with Gasteiger partial charge in [0.25, 0.3) is 5.91 Å². The number of ether oxygens (including phenoxy) is 3. The number of methoxy groups -OCH3 is 2. The van der Waals surface area contributed by atoms with E-state index in [1.807, 2.05) is 6.92 Å². The highest BCUT2D eigenvalue weighted by atomic mass is 35.5. The van der Waals surface area contributed by atoms with Gasteiger partial charge in [0.2, 0.25) is 0 Å². The second-order valence-corrected chi connectivity index (χ2v) is 5.06. The van der Waals surface area contributed by atoms with Gasteiger partial charge in [0, 0.05) is 12.7 Å². The first-order valence-corrected chi connectivity index (χ1v) is 7.35. The predicted octanol–water partition coefficient (Wildman–Crippen LogP) is 1.97. The monoisotopic (exact) mass is 345 g/mol. The van der Waals surface area contributed by atoms with Gasteiger partial charge in [-0.05, 0) is 18.6 Å². The summed E-state index contributed by atoms with van der Waals surface area (Å²) in [6, 6.07) is 1.68. The number of hydrogen-bond acceptors (Lipinski definition) is 5. The molecule has 0 aliphatic carbocycles. The number of carboxylic acids is 1. The van der Waals surface area contributed by atoms with Crippen molar-refractivity contribution in [1.29, 1.82) is 0 Å².